The summed E-state index contributed by atoms with van der Waals surface area (Å²) in [5, 5.41) is 0. The molecule has 0 N–H and O–H groups in total. The summed E-state index contributed by atoms with van der Waals surface area (Å²) in [7, 11) is 1.41. The van der Waals surface area contributed by atoms with Crippen LogP contribution in [0.4, 0.5) is 4.39 Å². The number of methoxy groups -OCH3 is 1. The third-order valence-corrected chi connectivity index (χ3v) is 3.81. The maximum atomic E-state index is 13.2. The predicted molar refractivity (Wildman–Crippen MR) is 72.5 cm³/mol. The molecule has 0 spiro atoms. The van der Waals surface area contributed by atoms with E-state index in [2.05, 4.69) is 15.9 Å². The Hall–Kier alpha value is -1.10. The molecule has 0 aliphatic heterocycles. The van der Waals surface area contributed by atoms with Gasteiger partial charge in [-0.2, -0.15) is 0 Å². The highest BCUT2D eigenvalue weighted by Gasteiger charge is 2.27. The van der Waals surface area contributed by atoms with Crippen LogP contribution in [-0.4, -0.2) is 19.2 Å². The van der Waals surface area contributed by atoms with Gasteiger partial charge in [-0.3, -0.25) is 4.79 Å². The van der Waals surface area contributed by atoms with Gasteiger partial charge >= 0.3 is 5.97 Å². The average Bonchev–Trinajstić information content (AvgIpc) is 2.37. The first-order valence-electron chi connectivity index (χ1n) is 6.29. The molecule has 5 heteroatoms. The SMILES string of the molecule is COC(=O)[C@H]1CC[C@H](Oc2cc(F)cc(Br)c2)CC1. The van der Waals surface area contributed by atoms with Crippen LogP contribution in [0.3, 0.4) is 0 Å². The minimum absolute atomic E-state index is 0.0240. The lowest BCUT2D eigenvalue weighted by atomic mass is 9.87. The number of hydrogen-bond acceptors (Lipinski definition) is 3. The maximum Gasteiger partial charge on any atom is 0.308 e. The van der Waals surface area contributed by atoms with Crippen LogP contribution in [0.1, 0.15) is 25.7 Å². The number of rotatable bonds is 3. The third-order valence-electron chi connectivity index (χ3n) is 3.35. The van der Waals surface area contributed by atoms with Crippen LogP contribution in [0.2, 0.25) is 0 Å². The number of benzene rings is 1. The van der Waals surface area contributed by atoms with E-state index in [0.29, 0.717) is 10.2 Å². The van der Waals surface area contributed by atoms with Gasteiger partial charge in [-0.05, 0) is 37.8 Å². The van der Waals surface area contributed by atoms with Crippen LogP contribution >= 0.6 is 15.9 Å². The molecule has 1 aromatic carbocycles. The summed E-state index contributed by atoms with van der Waals surface area (Å²) in [6, 6.07) is 4.51. The van der Waals surface area contributed by atoms with Crippen molar-refractivity contribution in [1.29, 1.82) is 0 Å². The van der Waals surface area contributed by atoms with Crippen LogP contribution in [0.25, 0.3) is 0 Å². The molecule has 0 amide bonds. The van der Waals surface area contributed by atoms with Gasteiger partial charge in [0.25, 0.3) is 0 Å². The smallest absolute Gasteiger partial charge is 0.308 e. The van der Waals surface area contributed by atoms with Gasteiger partial charge in [0.1, 0.15) is 11.6 Å². The molecule has 0 bridgehead atoms. The Balaban J connectivity index is 1.90. The van der Waals surface area contributed by atoms with E-state index in [9.17, 15) is 9.18 Å². The Labute approximate surface area is 120 Å². The van der Waals surface area contributed by atoms with Crippen LogP contribution in [0.5, 0.6) is 5.75 Å². The number of halogens is 2. The molecule has 104 valence electrons. The van der Waals surface area contributed by atoms with E-state index < -0.39 is 0 Å². The first-order valence-corrected chi connectivity index (χ1v) is 7.08. The van der Waals surface area contributed by atoms with Crippen molar-refractivity contribution in [3.05, 3.63) is 28.5 Å². The minimum Gasteiger partial charge on any atom is -0.490 e. The number of carbonyl (C=O) groups is 1. The van der Waals surface area contributed by atoms with Crippen molar-refractivity contribution in [2.75, 3.05) is 7.11 Å². The summed E-state index contributed by atoms with van der Waals surface area (Å²) >= 11 is 3.23. The van der Waals surface area contributed by atoms with Crippen LogP contribution in [-0.2, 0) is 9.53 Å². The molecule has 0 atom stereocenters. The molecule has 2 rings (SSSR count). The van der Waals surface area contributed by atoms with Crippen LogP contribution in [0.15, 0.2) is 22.7 Å². The fourth-order valence-corrected chi connectivity index (χ4v) is 2.82. The normalized spacial score (nSPS) is 22.9. The molecule has 1 aliphatic carbocycles. The van der Waals surface area contributed by atoms with Crippen molar-refractivity contribution in [3.8, 4) is 5.75 Å². The topological polar surface area (TPSA) is 35.5 Å². The van der Waals surface area contributed by atoms with Crippen molar-refractivity contribution < 1.29 is 18.7 Å². The minimum atomic E-state index is -0.326. The molecule has 0 saturated heterocycles. The van der Waals surface area contributed by atoms with E-state index in [1.165, 1.54) is 19.2 Å². The monoisotopic (exact) mass is 330 g/mol. The van der Waals surface area contributed by atoms with Gasteiger partial charge in [0, 0.05) is 10.5 Å². The lowest BCUT2D eigenvalue weighted by Gasteiger charge is -2.27. The second-order valence-electron chi connectivity index (χ2n) is 4.72. The first-order chi connectivity index (χ1) is 9.08. The van der Waals surface area contributed by atoms with Crippen molar-refractivity contribution >= 4 is 21.9 Å². The molecule has 1 aromatic rings. The molecule has 0 heterocycles. The van der Waals surface area contributed by atoms with E-state index in [4.69, 9.17) is 9.47 Å². The fourth-order valence-electron chi connectivity index (χ4n) is 2.37. The molecule has 3 nitrogen and oxygen atoms in total. The summed E-state index contributed by atoms with van der Waals surface area (Å²) in [5.41, 5.74) is 0. The quantitative estimate of drug-likeness (QED) is 0.793. The van der Waals surface area contributed by atoms with Gasteiger partial charge in [0.05, 0.1) is 19.1 Å². The molecule has 19 heavy (non-hydrogen) atoms. The van der Waals surface area contributed by atoms with Crippen LogP contribution < -0.4 is 4.74 Å². The molecule has 1 fully saturated rings. The highest BCUT2D eigenvalue weighted by atomic mass is 79.9. The summed E-state index contributed by atoms with van der Waals surface area (Å²) < 4.78 is 24.4. The molecular formula is C14H16BrFO3. The zero-order valence-electron chi connectivity index (χ0n) is 10.7. The highest BCUT2D eigenvalue weighted by Crippen LogP contribution is 2.29. The van der Waals surface area contributed by atoms with E-state index in [-0.39, 0.29) is 23.8 Å². The Kier molecular flexibility index (Phi) is 4.80. The molecule has 1 saturated carbocycles. The van der Waals surface area contributed by atoms with Gasteiger partial charge < -0.3 is 9.47 Å². The largest absolute Gasteiger partial charge is 0.490 e. The predicted octanol–water partition coefficient (Wildman–Crippen LogP) is 3.70. The van der Waals surface area contributed by atoms with Crippen molar-refractivity contribution in [3.63, 3.8) is 0 Å². The van der Waals surface area contributed by atoms with Gasteiger partial charge in [0.15, 0.2) is 0 Å². The molecular weight excluding hydrogens is 315 g/mol. The van der Waals surface area contributed by atoms with Crippen LogP contribution in [0, 0.1) is 11.7 Å². The molecule has 0 aromatic heterocycles. The standard InChI is InChI=1S/C14H16BrFO3/c1-18-14(17)9-2-4-12(5-3-9)19-13-7-10(15)6-11(16)8-13/h6-9,12H,2-5H2,1H3/t9-,12-. The average molecular weight is 331 g/mol. The fraction of sp³-hybridized carbons (Fsp3) is 0.500. The lowest BCUT2D eigenvalue weighted by Crippen LogP contribution is -2.28. The van der Waals surface area contributed by atoms with E-state index in [1.807, 2.05) is 0 Å². The summed E-state index contributed by atoms with van der Waals surface area (Å²) in [5.74, 6) is 0.0251. The Morgan fingerprint density at radius 2 is 1.95 bits per heavy atom. The van der Waals surface area contributed by atoms with Gasteiger partial charge in [0.2, 0.25) is 0 Å². The van der Waals surface area contributed by atoms with Crippen molar-refractivity contribution in [2.24, 2.45) is 5.92 Å². The Bertz CT molecular complexity index is 436. The lowest BCUT2D eigenvalue weighted by molar-refractivity contribution is -0.147. The van der Waals surface area contributed by atoms with Gasteiger partial charge in [-0.25, -0.2) is 4.39 Å². The Morgan fingerprint density at radius 1 is 1.26 bits per heavy atom. The zero-order valence-corrected chi connectivity index (χ0v) is 12.3. The summed E-state index contributed by atoms with van der Waals surface area (Å²) in [6.45, 7) is 0. The number of hydrogen-bond donors (Lipinski definition) is 0. The Morgan fingerprint density at radius 3 is 2.53 bits per heavy atom. The number of carbonyl (C=O) groups excluding carboxylic acids is 1. The van der Waals surface area contributed by atoms with Crippen molar-refractivity contribution in [2.45, 2.75) is 31.8 Å². The number of esters is 1. The highest BCUT2D eigenvalue weighted by molar-refractivity contribution is 9.10. The van der Waals surface area contributed by atoms with Crippen molar-refractivity contribution in [1.82, 2.24) is 0 Å². The number of ether oxygens (including phenoxy) is 2. The van der Waals surface area contributed by atoms with Gasteiger partial charge in [-0.15, -0.1) is 0 Å². The van der Waals surface area contributed by atoms with E-state index in [0.717, 1.165) is 25.7 Å². The molecule has 0 unspecified atom stereocenters. The maximum absolute atomic E-state index is 13.2. The second-order valence-corrected chi connectivity index (χ2v) is 5.64. The first kappa shape index (κ1) is 14.3. The molecule has 1 aliphatic rings. The van der Waals surface area contributed by atoms with Gasteiger partial charge in [-0.1, -0.05) is 15.9 Å². The second kappa shape index (κ2) is 6.37. The van der Waals surface area contributed by atoms with E-state index in [1.54, 1.807) is 6.07 Å². The summed E-state index contributed by atoms with van der Waals surface area (Å²) in [4.78, 5) is 11.4. The zero-order chi connectivity index (χ0) is 13.8. The summed E-state index contributed by atoms with van der Waals surface area (Å²) in [6.07, 6.45) is 3.12. The van der Waals surface area contributed by atoms with E-state index >= 15 is 0 Å². The third kappa shape index (κ3) is 3.93. The molecule has 0 radical (unpaired) electrons.